The van der Waals surface area contributed by atoms with Gasteiger partial charge in [0.1, 0.15) is 12.2 Å². The van der Waals surface area contributed by atoms with Gasteiger partial charge in [-0.05, 0) is 25.1 Å². The first-order valence-electron chi connectivity index (χ1n) is 4.88. The average molecular weight is 296 g/mol. The third-order valence-corrected chi connectivity index (χ3v) is 2.83. The van der Waals surface area contributed by atoms with E-state index in [9.17, 15) is 4.79 Å². The molecule has 0 aliphatic carbocycles. The van der Waals surface area contributed by atoms with Gasteiger partial charge in [-0.15, -0.1) is 10.2 Å². The number of benzene rings is 1. The van der Waals surface area contributed by atoms with Gasteiger partial charge in [-0.2, -0.15) is 0 Å². The molecule has 0 saturated carbocycles. The van der Waals surface area contributed by atoms with E-state index in [0.717, 1.165) is 4.47 Å². The number of aryl methyl sites for hydroxylation is 1. The maximum atomic E-state index is 11.7. The highest BCUT2D eigenvalue weighted by Gasteiger charge is 2.15. The fourth-order valence-corrected chi connectivity index (χ4v) is 1.88. The molecule has 1 aromatic carbocycles. The SMILES string of the molecule is COC(=O)c1cc(Br)ccc1-n1cnnc1C. The summed E-state index contributed by atoms with van der Waals surface area (Å²) in [5, 5.41) is 7.69. The van der Waals surface area contributed by atoms with E-state index in [1.54, 1.807) is 17.0 Å². The molecule has 0 bridgehead atoms. The van der Waals surface area contributed by atoms with Crippen LogP contribution < -0.4 is 0 Å². The van der Waals surface area contributed by atoms with Gasteiger partial charge < -0.3 is 4.74 Å². The van der Waals surface area contributed by atoms with Crippen LogP contribution in [0.1, 0.15) is 16.2 Å². The number of rotatable bonds is 2. The summed E-state index contributed by atoms with van der Waals surface area (Å²) in [6.07, 6.45) is 1.56. The number of carbonyl (C=O) groups is 1. The molecule has 0 radical (unpaired) electrons. The second kappa shape index (κ2) is 4.67. The van der Waals surface area contributed by atoms with Gasteiger partial charge >= 0.3 is 5.97 Å². The average Bonchev–Trinajstić information content (AvgIpc) is 2.74. The second-order valence-electron chi connectivity index (χ2n) is 3.40. The van der Waals surface area contributed by atoms with Crippen molar-refractivity contribution in [2.45, 2.75) is 6.92 Å². The van der Waals surface area contributed by atoms with Gasteiger partial charge in [-0.3, -0.25) is 4.57 Å². The van der Waals surface area contributed by atoms with E-state index in [4.69, 9.17) is 4.74 Å². The van der Waals surface area contributed by atoms with Gasteiger partial charge in [0.05, 0.1) is 18.4 Å². The van der Waals surface area contributed by atoms with Crippen molar-refractivity contribution in [3.8, 4) is 5.69 Å². The first-order valence-corrected chi connectivity index (χ1v) is 5.67. The van der Waals surface area contributed by atoms with Crippen molar-refractivity contribution in [3.63, 3.8) is 0 Å². The molecule has 0 amide bonds. The predicted molar refractivity (Wildman–Crippen MR) is 65.1 cm³/mol. The molecule has 0 aliphatic heterocycles. The fourth-order valence-electron chi connectivity index (χ4n) is 1.52. The van der Waals surface area contributed by atoms with Crippen LogP contribution in [0.4, 0.5) is 0 Å². The summed E-state index contributed by atoms with van der Waals surface area (Å²) in [5.74, 6) is 0.312. The van der Waals surface area contributed by atoms with Crippen molar-refractivity contribution >= 4 is 21.9 Å². The predicted octanol–water partition coefficient (Wildman–Crippen LogP) is 2.12. The minimum atomic E-state index is -0.394. The van der Waals surface area contributed by atoms with Gasteiger partial charge in [0.25, 0.3) is 0 Å². The lowest BCUT2D eigenvalue weighted by molar-refractivity contribution is 0.0600. The molecule has 2 rings (SSSR count). The van der Waals surface area contributed by atoms with E-state index in [-0.39, 0.29) is 0 Å². The van der Waals surface area contributed by atoms with Crippen molar-refractivity contribution in [1.82, 2.24) is 14.8 Å². The van der Waals surface area contributed by atoms with Gasteiger partial charge in [-0.25, -0.2) is 4.79 Å². The Kier molecular flexibility index (Phi) is 3.23. The van der Waals surface area contributed by atoms with Crippen LogP contribution in [0.2, 0.25) is 0 Å². The summed E-state index contributed by atoms with van der Waals surface area (Å²) in [5.41, 5.74) is 1.16. The van der Waals surface area contributed by atoms with Crippen molar-refractivity contribution in [3.05, 3.63) is 40.4 Å². The maximum absolute atomic E-state index is 11.7. The van der Waals surface area contributed by atoms with Crippen LogP contribution in [-0.2, 0) is 4.74 Å². The molecule has 6 heteroatoms. The molecule has 0 atom stereocenters. The summed E-state index contributed by atoms with van der Waals surface area (Å²) >= 11 is 3.33. The summed E-state index contributed by atoms with van der Waals surface area (Å²) in [4.78, 5) is 11.7. The van der Waals surface area contributed by atoms with Crippen LogP contribution in [-0.4, -0.2) is 27.8 Å². The van der Waals surface area contributed by atoms with Gasteiger partial charge in [-0.1, -0.05) is 15.9 Å². The van der Waals surface area contributed by atoms with Gasteiger partial charge in [0, 0.05) is 4.47 Å². The van der Waals surface area contributed by atoms with Crippen molar-refractivity contribution in [2.24, 2.45) is 0 Å². The van der Waals surface area contributed by atoms with Gasteiger partial charge in [0.15, 0.2) is 0 Å². The topological polar surface area (TPSA) is 57.0 Å². The minimum Gasteiger partial charge on any atom is -0.465 e. The number of ether oxygens (including phenoxy) is 1. The van der Waals surface area contributed by atoms with E-state index in [1.807, 2.05) is 19.1 Å². The van der Waals surface area contributed by atoms with E-state index >= 15 is 0 Å². The molecule has 0 fully saturated rings. The summed E-state index contributed by atoms with van der Waals surface area (Å²) in [7, 11) is 1.35. The smallest absolute Gasteiger partial charge is 0.340 e. The zero-order chi connectivity index (χ0) is 12.4. The normalized spacial score (nSPS) is 10.3. The number of hydrogen-bond acceptors (Lipinski definition) is 4. The van der Waals surface area contributed by atoms with Crippen LogP contribution in [0.5, 0.6) is 0 Å². The lowest BCUT2D eigenvalue weighted by Gasteiger charge is -2.09. The molecule has 1 heterocycles. The highest BCUT2D eigenvalue weighted by molar-refractivity contribution is 9.10. The molecular weight excluding hydrogens is 286 g/mol. The van der Waals surface area contributed by atoms with Gasteiger partial charge in [0.2, 0.25) is 0 Å². The number of aromatic nitrogens is 3. The number of halogens is 1. The summed E-state index contributed by atoms with van der Waals surface area (Å²) in [6, 6.07) is 5.37. The Hall–Kier alpha value is -1.69. The fraction of sp³-hybridized carbons (Fsp3) is 0.182. The Bertz CT molecular complexity index is 566. The Labute approximate surface area is 107 Å². The molecule has 2 aromatic rings. The van der Waals surface area contributed by atoms with Crippen molar-refractivity contribution < 1.29 is 9.53 Å². The molecule has 0 unspecified atom stereocenters. The molecule has 5 nitrogen and oxygen atoms in total. The number of nitrogens with zero attached hydrogens (tertiary/aromatic N) is 3. The highest BCUT2D eigenvalue weighted by Crippen LogP contribution is 2.21. The summed E-state index contributed by atoms with van der Waals surface area (Å²) in [6.45, 7) is 1.82. The van der Waals surface area contributed by atoms with Crippen LogP contribution in [0, 0.1) is 6.92 Å². The molecular formula is C11H10BrN3O2. The van der Waals surface area contributed by atoms with E-state index in [1.165, 1.54) is 7.11 Å². The number of esters is 1. The molecule has 0 saturated heterocycles. The van der Waals surface area contributed by atoms with Crippen molar-refractivity contribution in [2.75, 3.05) is 7.11 Å². The summed E-state index contributed by atoms with van der Waals surface area (Å²) < 4.78 is 7.30. The lowest BCUT2D eigenvalue weighted by Crippen LogP contribution is -2.08. The van der Waals surface area contributed by atoms with Crippen LogP contribution in [0.15, 0.2) is 29.0 Å². The van der Waals surface area contributed by atoms with Crippen LogP contribution >= 0.6 is 15.9 Å². The van der Waals surface area contributed by atoms with Crippen LogP contribution in [0.25, 0.3) is 5.69 Å². The lowest BCUT2D eigenvalue weighted by atomic mass is 10.2. The minimum absolute atomic E-state index is 0.394. The van der Waals surface area contributed by atoms with Crippen LogP contribution in [0.3, 0.4) is 0 Å². The molecule has 1 aromatic heterocycles. The van der Waals surface area contributed by atoms with E-state index in [0.29, 0.717) is 17.1 Å². The highest BCUT2D eigenvalue weighted by atomic mass is 79.9. The second-order valence-corrected chi connectivity index (χ2v) is 4.32. The Morgan fingerprint density at radius 3 is 2.82 bits per heavy atom. The molecule has 0 spiro atoms. The zero-order valence-corrected chi connectivity index (χ0v) is 10.9. The quantitative estimate of drug-likeness (QED) is 0.797. The van der Waals surface area contributed by atoms with E-state index in [2.05, 4.69) is 26.1 Å². The molecule has 0 aliphatic rings. The maximum Gasteiger partial charge on any atom is 0.340 e. The monoisotopic (exact) mass is 295 g/mol. The first kappa shape index (κ1) is 11.8. The largest absolute Gasteiger partial charge is 0.465 e. The third kappa shape index (κ3) is 2.21. The Morgan fingerprint density at radius 2 is 2.24 bits per heavy atom. The Morgan fingerprint density at radius 1 is 1.47 bits per heavy atom. The zero-order valence-electron chi connectivity index (χ0n) is 9.35. The Balaban J connectivity index is 2.62. The molecule has 17 heavy (non-hydrogen) atoms. The molecule has 88 valence electrons. The third-order valence-electron chi connectivity index (χ3n) is 2.34. The number of methoxy groups -OCH3 is 1. The van der Waals surface area contributed by atoms with Crippen molar-refractivity contribution in [1.29, 1.82) is 0 Å². The van der Waals surface area contributed by atoms with E-state index < -0.39 is 5.97 Å². The standard InChI is InChI=1S/C11H10BrN3O2/c1-7-14-13-6-15(7)10-4-3-8(12)5-9(10)11(16)17-2/h3-6H,1-2H3. The molecule has 0 N–H and O–H groups in total. The number of carbonyl (C=O) groups excluding carboxylic acids is 1. The number of hydrogen-bond donors (Lipinski definition) is 0. The first-order chi connectivity index (χ1) is 8.13.